The van der Waals surface area contributed by atoms with Crippen molar-refractivity contribution in [3.8, 4) is 5.75 Å². The monoisotopic (exact) mass is 311 g/mol. The highest BCUT2D eigenvalue weighted by Crippen LogP contribution is 2.48. The van der Waals surface area contributed by atoms with Gasteiger partial charge >= 0.3 is 0 Å². The molecule has 2 unspecified atom stereocenters. The maximum atomic E-state index is 6.30. The van der Waals surface area contributed by atoms with E-state index in [1.807, 2.05) is 0 Å². The van der Waals surface area contributed by atoms with E-state index in [0.717, 1.165) is 25.1 Å². The van der Waals surface area contributed by atoms with Gasteiger partial charge in [-0.3, -0.25) is 0 Å². The Morgan fingerprint density at radius 2 is 2.14 bits per heavy atom. The number of hydrogen-bond donors (Lipinski definition) is 1. The van der Waals surface area contributed by atoms with Crippen molar-refractivity contribution in [2.75, 3.05) is 13.7 Å². The third-order valence-corrected chi connectivity index (χ3v) is 5.29. The molecule has 1 aromatic heterocycles. The zero-order chi connectivity index (χ0) is 15.7. The summed E-state index contributed by atoms with van der Waals surface area (Å²) in [7, 11) is 1.73. The summed E-state index contributed by atoms with van der Waals surface area (Å²) in [6.07, 6.45) is 2.21. The van der Waals surface area contributed by atoms with E-state index in [4.69, 9.17) is 9.47 Å². The molecule has 21 heavy (non-hydrogen) atoms. The van der Waals surface area contributed by atoms with Crippen molar-refractivity contribution in [1.82, 2.24) is 5.32 Å². The van der Waals surface area contributed by atoms with Gasteiger partial charge in [0, 0.05) is 22.2 Å². The Hall–Kier alpha value is -0.580. The maximum Gasteiger partial charge on any atom is 0.129 e. The first-order valence-electron chi connectivity index (χ1n) is 7.85. The topological polar surface area (TPSA) is 30.5 Å². The molecule has 0 aliphatic carbocycles. The first-order valence-corrected chi connectivity index (χ1v) is 8.73. The van der Waals surface area contributed by atoms with Crippen LogP contribution < -0.4 is 10.1 Å². The van der Waals surface area contributed by atoms with Crippen LogP contribution >= 0.6 is 11.3 Å². The molecule has 1 aliphatic rings. The van der Waals surface area contributed by atoms with Crippen molar-refractivity contribution in [3.05, 3.63) is 16.3 Å². The van der Waals surface area contributed by atoms with Gasteiger partial charge in [-0.25, -0.2) is 0 Å². The lowest BCUT2D eigenvalue weighted by Gasteiger charge is -2.33. The first kappa shape index (κ1) is 16.8. The summed E-state index contributed by atoms with van der Waals surface area (Å²) < 4.78 is 11.7. The van der Waals surface area contributed by atoms with Gasteiger partial charge < -0.3 is 14.8 Å². The Morgan fingerprint density at radius 3 is 2.62 bits per heavy atom. The Balaban J connectivity index is 2.27. The highest BCUT2D eigenvalue weighted by Gasteiger charge is 2.49. The number of methoxy groups -OCH3 is 1. The largest absolute Gasteiger partial charge is 0.496 e. The van der Waals surface area contributed by atoms with E-state index in [0.29, 0.717) is 12.0 Å². The van der Waals surface area contributed by atoms with Crippen LogP contribution in [0.3, 0.4) is 0 Å². The molecular weight excluding hydrogens is 282 g/mol. The van der Waals surface area contributed by atoms with Gasteiger partial charge in [-0.15, -0.1) is 11.3 Å². The summed E-state index contributed by atoms with van der Waals surface area (Å²) in [5.74, 6) is 1.41. The summed E-state index contributed by atoms with van der Waals surface area (Å²) in [6.45, 7) is 12.1. The minimum Gasteiger partial charge on any atom is -0.496 e. The molecule has 1 aromatic rings. The standard InChI is InChI=1S/C17H29NO2S/c1-7-8-18-15(14-9-12(19-6)11-21-14)13-10-16(2,3)20-17(13,4)5/h9,11,13,15,18H,7-8,10H2,1-6H3. The molecule has 0 amide bonds. The lowest BCUT2D eigenvalue weighted by Crippen LogP contribution is -2.38. The molecule has 4 heteroatoms. The second kappa shape index (κ2) is 6.27. The molecule has 1 saturated heterocycles. The lowest BCUT2D eigenvalue weighted by molar-refractivity contribution is -0.0777. The second-order valence-corrected chi connectivity index (χ2v) is 8.04. The molecule has 1 aliphatic heterocycles. The van der Waals surface area contributed by atoms with Crippen molar-refractivity contribution in [2.45, 2.75) is 64.7 Å². The van der Waals surface area contributed by atoms with Crippen molar-refractivity contribution in [2.24, 2.45) is 5.92 Å². The number of nitrogens with one attached hydrogen (secondary N) is 1. The molecule has 0 spiro atoms. The van der Waals surface area contributed by atoms with Crippen LogP contribution in [0.5, 0.6) is 5.75 Å². The van der Waals surface area contributed by atoms with E-state index in [-0.39, 0.29) is 11.2 Å². The van der Waals surface area contributed by atoms with Gasteiger partial charge in [0.15, 0.2) is 0 Å². The van der Waals surface area contributed by atoms with Crippen LogP contribution in [-0.2, 0) is 4.74 Å². The van der Waals surface area contributed by atoms with Crippen LogP contribution in [0.25, 0.3) is 0 Å². The van der Waals surface area contributed by atoms with Gasteiger partial charge in [0.05, 0.1) is 18.3 Å². The average molecular weight is 311 g/mol. The fourth-order valence-electron chi connectivity index (χ4n) is 3.47. The molecule has 0 bridgehead atoms. The van der Waals surface area contributed by atoms with E-state index in [1.54, 1.807) is 18.4 Å². The summed E-state index contributed by atoms with van der Waals surface area (Å²) >= 11 is 1.78. The zero-order valence-electron chi connectivity index (χ0n) is 14.2. The van der Waals surface area contributed by atoms with Crippen molar-refractivity contribution in [1.29, 1.82) is 0 Å². The molecule has 1 N–H and O–H groups in total. The molecule has 3 nitrogen and oxygen atoms in total. The molecule has 0 aromatic carbocycles. The molecule has 1 fully saturated rings. The van der Waals surface area contributed by atoms with E-state index >= 15 is 0 Å². The van der Waals surface area contributed by atoms with Gasteiger partial charge in [-0.05, 0) is 53.1 Å². The predicted octanol–water partition coefficient (Wildman–Crippen LogP) is 4.39. The molecule has 0 radical (unpaired) electrons. The smallest absolute Gasteiger partial charge is 0.129 e. The van der Waals surface area contributed by atoms with Gasteiger partial charge in [-0.1, -0.05) is 6.92 Å². The van der Waals surface area contributed by atoms with Crippen LogP contribution in [0.4, 0.5) is 0 Å². The van der Waals surface area contributed by atoms with Crippen LogP contribution in [0.1, 0.15) is 58.4 Å². The van der Waals surface area contributed by atoms with Crippen molar-refractivity contribution in [3.63, 3.8) is 0 Å². The molecule has 2 heterocycles. The minimum atomic E-state index is -0.119. The summed E-state index contributed by atoms with van der Waals surface area (Å²) in [5, 5.41) is 5.82. The summed E-state index contributed by atoms with van der Waals surface area (Å²) in [4.78, 5) is 1.35. The number of thiophene rings is 1. The van der Waals surface area contributed by atoms with Gasteiger partial charge in [0.25, 0.3) is 0 Å². The predicted molar refractivity (Wildman–Crippen MR) is 89.3 cm³/mol. The maximum absolute atomic E-state index is 6.30. The second-order valence-electron chi connectivity index (χ2n) is 7.10. The third-order valence-electron chi connectivity index (χ3n) is 4.30. The first-order chi connectivity index (χ1) is 9.79. The highest BCUT2D eigenvalue weighted by molar-refractivity contribution is 7.10. The number of hydrogen-bond acceptors (Lipinski definition) is 4. The number of ether oxygens (including phenoxy) is 2. The highest BCUT2D eigenvalue weighted by atomic mass is 32.1. The average Bonchev–Trinajstić information content (AvgIpc) is 2.92. The zero-order valence-corrected chi connectivity index (χ0v) is 15.0. The third kappa shape index (κ3) is 3.79. The van der Waals surface area contributed by atoms with E-state index in [9.17, 15) is 0 Å². The van der Waals surface area contributed by atoms with Crippen molar-refractivity contribution >= 4 is 11.3 Å². The Kier molecular flexibility index (Phi) is 5.01. The molecule has 0 saturated carbocycles. The Labute approximate surface area is 133 Å². The van der Waals surface area contributed by atoms with E-state index < -0.39 is 0 Å². The van der Waals surface area contributed by atoms with Crippen LogP contribution in [0, 0.1) is 5.92 Å². The Morgan fingerprint density at radius 1 is 1.43 bits per heavy atom. The summed E-state index contributed by atoms with van der Waals surface area (Å²) in [6, 6.07) is 2.50. The molecule has 2 atom stereocenters. The summed E-state index contributed by atoms with van der Waals surface area (Å²) in [5.41, 5.74) is -0.173. The Bertz CT molecular complexity index is 467. The SMILES string of the molecule is CCCNC(c1cc(OC)cs1)C1CC(C)(C)OC1(C)C. The fourth-order valence-corrected chi connectivity index (χ4v) is 4.46. The van der Waals surface area contributed by atoms with Crippen LogP contribution in [-0.4, -0.2) is 24.9 Å². The molecular formula is C17H29NO2S. The minimum absolute atomic E-state index is 0.0539. The van der Waals surface area contributed by atoms with Crippen LogP contribution in [0.15, 0.2) is 11.4 Å². The fraction of sp³-hybridized carbons (Fsp3) is 0.765. The van der Waals surface area contributed by atoms with Gasteiger partial charge in [-0.2, -0.15) is 0 Å². The van der Waals surface area contributed by atoms with E-state index in [2.05, 4.69) is 51.4 Å². The quantitative estimate of drug-likeness (QED) is 0.845. The molecule has 120 valence electrons. The lowest BCUT2D eigenvalue weighted by atomic mass is 9.81. The molecule has 2 rings (SSSR count). The van der Waals surface area contributed by atoms with Gasteiger partial charge in [0.1, 0.15) is 5.75 Å². The number of rotatable bonds is 6. The van der Waals surface area contributed by atoms with Crippen LogP contribution in [0.2, 0.25) is 0 Å². The normalized spacial score (nSPS) is 25.0. The van der Waals surface area contributed by atoms with Gasteiger partial charge in [0.2, 0.25) is 0 Å². The van der Waals surface area contributed by atoms with E-state index in [1.165, 1.54) is 4.88 Å². The van der Waals surface area contributed by atoms with Crippen molar-refractivity contribution < 1.29 is 9.47 Å².